The second-order valence-electron chi connectivity index (χ2n) is 13.3. The predicted molar refractivity (Wildman–Crippen MR) is 181 cm³/mol. The number of esters is 1. The van der Waals surface area contributed by atoms with Crippen LogP contribution in [0, 0.1) is 5.41 Å². The number of aliphatic hydroxyl groups is 1. The molecule has 5 rings (SSSR count). The first-order valence-electron chi connectivity index (χ1n) is 15.1. The highest BCUT2D eigenvalue weighted by molar-refractivity contribution is 8.09. The first kappa shape index (κ1) is 35.8. The molecule has 0 unspecified atom stereocenters. The number of hydrogen-bond donors (Lipinski definition) is 3. The number of carbonyl (C=O) groups excluding carboxylic acids is 1. The van der Waals surface area contributed by atoms with E-state index in [1.165, 1.54) is 13.3 Å². The van der Waals surface area contributed by atoms with Crippen molar-refractivity contribution in [3.05, 3.63) is 48.8 Å². The molecule has 0 bridgehead atoms. The van der Waals surface area contributed by atoms with Gasteiger partial charge < -0.3 is 34.3 Å². The van der Waals surface area contributed by atoms with Crippen molar-refractivity contribution in [2.45, 2.75) is 64.5 Å². The van der Waals surface area contributed by atoms with Crippen molar-refractivity contribution < 1.29 is 37.2 Å². The highest BCUT2D eigenvalue weighted by atomic mass is 32.5. The Balaban J connectivity index is 1.45. The SMILES string of the molecule is C[C@H](N[P@](=S)(OC[C@@]1(F)O[C@@H](n2cnc3c(N(C)C)nc(N)nc32)[C@](C)(F)[C@@H]1O)Oc1cccc2ccccc12)C(=O)OCC(C)(C)C. The third-order valence-electron chi connectivity index (χ3n) is 7.58. The molecular formula is C31H40F2N7O6PS. The lowest BCUT2D eigenvalue weighted by Crippen LogP contribution is -2.47. The van der Waals surface area contributed by atoms with Crippen LogP contribution >= 0.6 is 6.64 Å². The van der Waals surface area contributed by atoms with Crippen LogP contribution in [-0.2, 0) is 30.6 Å². The summed E-state index contributed by atoms with van der Waals surface area (Å²) in [5, 5.41) is 15.4. The van der Waals surface area contributed by atoms with Crippen LogP contribution in [-0.4, -0.2) is 81.6 Å². The van der Waals surface area contributed by atoms with Gasteiger partial charge in [-0.1, -0.05) is 57.2 Å². The van der Waals surface area contributed by atoms with Gasteiger partial charge in [-0.25, -0.2) is 18.9 Å². The number of imidazole rings is 1. The van der Waals surface area contributed by atoms with Crippen LogP contribution in [0.4, 0.5) is 20.5 Å². The zero-order valence-electron chi connectivity index (χ0n) is 27.7. The summed E-state index contributed by atoms with van der Waals surface area (Å²) in [7, 11) is 3.42. The Kier molecular flexibility index (Phi) is 9.74. The van der Waals surface area contributed by atoms with E-state index in [9.17, 15) is 9.90 Å². The number of ether oxygens (including phenoxy) is 2. The number of hydrogen-bond acceptors (Lipinski definition) is 12. The average Bonchev–Trinajstić information content (AvgIpc) is 3.50. The van der Waals surface area contributed by atoms with E-state index in [1.807, 2.05) is 39.0 Å². The minimum absolute atomic E-state index is 0.0612. The topological polar surface area (TPSA) is 159 Å². The van der Waals surface area contributed by atoms with Crippen molar-refractivity contribution in [3.63, 3.8) is 0 Å². The van der Waals surface area contributed by atoms with Crippen LogP contribution in [0.15, 0.2) is 48.8 Å². The smallest absolute Gasteiger partial charge is 0.323 e. The van der Waals surface area contributed by atoms with E-state index in [0.717, 1.165) is 16.9 Å². The summed E-state index contributed by atoms with van der Waals surface area (Å²) < 4.78 is 57.3. The van der Waals surface area contributed by atoms with Gasteiger partial charge >= 0.3 is 12.6 Å². The number of aromatic nitrogens is 4. The zero-order chi connectivity index (χ0) is 35.2. The summed E-state index contributed by atoms with van der Waals surface area (Å²) in [6.07, 6.45) is -2.92. The number of nitrogens with one attached hydrogen (secondary N) is 1. The molecule has 0 spiro atoms. The van der Waals surface area contributed by atoms with Gasteiger partial charge in [0.25, 0.3) is 5.85 Å². The van der Waals surface area contributed by atoms with Gasteiger partial charge in [0, 0.05) is 19.5 Å². The molecule has 0 aliphatic carbocycles. The van der Waals surface area contributed by atoms with Gasteiger partial charge in [-0.05, 0) is 42.5 Å². The Bertz CT molecular complexity index is 1870. The molecule has 6 atom stereocenters. The number of benzene rings is 2. The molecule has 0 amide bonds. The van der Waals surface area contributed by atoms with Crippen molar-refractivity contribution in [2.75, 3.05) is 37.9 Å². The van der Waals surface area contributed by atoms with Crippen molar-refractivity contribution in [2.24, 2.45) is 5.41 Å². The highest BCUT2D eigenvalue weighted by Crippen LogP contribution is 2.53. The second kappa shape index (κ2) is 13.1. The molecule has 17 heteroatoms. The van der Waals surface area contributed by atoms with Crippen LogP contribution in [0.1, 0.15) is 40.8 Å². The standard InChI is InChI=1S/C31H40F2N7O6PS/c1-18(25(41)43-15-29(2,3)4)38-47(48,46-21-14-10-12-19-11-8-9-13-20(19)21)44-16-31(33)26(42)30(5,32)27(45-31)40-17-35-22-23(39(6)7)36-28(34)37-24(22)40/h8-14,17-18,26-27,42H,15-16H2,1-7H3,(H,38,48)(H2,34,36,37)/t18-,26-,27+,30+,31+,47-/m0/s1. The van der Waals surface area contributed by atoms with Crippen molar-refractivity contribution in [3.8, 4) is 5.75 Å². The molecule has 0 radical (unpaired) electrons. The highest BCUT2D eigenvalue weighted by Gasteiger charge is 2.65. The molecule has 2 aromatic carbocycles. The molecule has 1 aliphatic heterocycles. The largest absolute Gasteiger partial charge is 0.464 e. The van der Waals surface area contributed by atoms with Crippen LogP contribution < -0.4 is 20.2 Å². The van der Waals surface area contributed by atoms with Gasteiger partial charge in [-0.15, -0.1) is 0 Å². The third-order valence-corrected chi connectivity index (χ3v) is 10.0. The Labute approximate surface area is 282 Å². The van der Waals surface area contributed by atoms with Gasteiger partial charge in [-0.3, -0.25) is 9.36 Å². The minimum atomic E-state index is -3.86. The summed E-state index contributed by atoms with van der Waals surface area (Å²) in [5.41, 5.74) is 3.20. The quantitative estimate of drug-likeness (QED) is 0.144. The number of aliphatic hydroxyl groups excluding tert-OH is 1. The molecule has 260 valence electrons. The molecule has 1 saturated heterocycles. The molecular weight excluding hydrogens is 667 g/mol. The van der Waals surface area contributed by atoms with Gasteiger partial charge in [0.1, 0.15) is 18.4 Å². The summed E-state index contributed by atoms with van der Waals surface area (Å²) in [5.74, 6) is -3.27. The average molecular weight is 708 g/mol. The summed E-state index contributed by atoms with van der Waals surface area (Å²) in [6, 6.07) is 11.5. The van der Waals surface area contributed by atoms with Gasteiger partial charge in [0.15, 0.2) is 35.0 Å². The fraction of sp³-hybridized carbons (Fsp3) is 0.484. The minimum Gasteiger partial charge on any atom is -0.464 e. The summed E-state index contributed by atoms with van der Waals surface area (Å²) >= 11 is 5.80. The molecule has 2 aromatic heterocycles. The lowest BCUT2D eigenvalue weighted by atomic mass is 9.97. The van der Waals surface area contributed by atoms with E-state index >= 15 is 8.78 Å². The molecule has 4 aromatic rings. The van der Waals surface area contributed by atoms with E-state index in [0.29, 0.717) is 17.0 Å². The predicted octanol–water partition coefficient (Wildman–Crippen LogP) is 4.80. The number of carbonyl (C=O) groups is 1. The lowest BCUT2D eigenvalue weighted by molar-refractivity contribution is -0.202. The molecule has 0 saturated carbocycles. The second-order valence-corrected chi connectivity index (χ2v) is 16.4. The fourth-order valence-electron chi connectivity index (χ4n) is 5.14. The maximum atomic E-state index is 16.7. The maximum absolute atomic E-state index is 16.7. The summed E-state index contributed by atoms with van der Waals surface area (Å²) in [6.45, 7) is 3.41. The number of halogens is 2. The number of rotatable bonds is 11. The first-order chi connectivity index (χ1) is 22.3. The Hall–Kier alpha value is -3.53. The van der Waals surface area contributed by atoms with E-state index in [1.54, 1.807) is 43.3 Å². The van der Waals surface area contributed by atoms with Gasteiger partial charge in [-0.2, -0.15) is 9.97 Å². The lowest BCUT2D eigenvalue weighted by Gasteiger charge is -2.30. The van der Waals surface area contributed by atoms with E-state index < -0.39 is 49.1 Å². The molecule has 13 nitrogen and oxygen atoms in total. The van der Waals surface area contributed by atoms with Crippen LogP contribution in [0.2, 0.25) is 0 Å². The number of fused-ring (bicyclic) bond motifs is 2. The number of alkyl halides is 2. The Morgan fingerprint density at radius 3 is 2.60 bits per heavy atom. The third kappa shape index (κ3) is 7.24. The Morgan fingerprint density at radius 1 is 1.23 bits per heavy atom. The number of nitrogens with two attached hydrogens (primary N) is 1. The number of anilines is 2. The van der Waals surface area contributed by atoms with Crippen molar-refractivity contribution >= 4 is 58.1 Å². The van der Waals surface area contributed by atoms with Crippen LogP contribution in [0.3, 0.4) is 0 Å². The molecule has 1 aliphatic rings. The molecule has 4 N–H and O–H groups in total. The first-order valence-corrected chi connectivity index (χ1v) is 17.7. The number of nitrogen functional groups attached to an aromatic ring is 1. The van der Waals surface area contributed by atoms with Crippen LogP contribution in [0.25, 0.3) is 21.9 Å². The van der Waals surface area contributed by atoms with Gasteiger partial charge in [0.2, 0.25) is 5.95 Å². The molecule has 48 heavy (non-hydrogen) atoms. The zero-order valence-corrected chi connectivity index (χ0v) is 29.4. The number of nitrogens with zero attached hydrogens (tertiary/aromatic N) is 5. The van der Waals surface area contributed by atoms with E-state index in [4.69, 9.17) is 36.1 Å². The Morgan fingerprint density at radius 2 is 1.92 bits per heavy atom. The molecule has 3 heterocycles. The van der Waals surface area contributed by atoms with Crippen LogP contribution in [0.5, 0.6) is 5.75 Å². The summed E-state index contributed by atoms with van der Waals surface area (Å²) in [4.78, 5) is 27.2. The van der Waals surface area contributed by atoms with Crippen molar-refractivity contribution in [1.29, 1.82) is 0 Å². The molecule has 1 fully saturated rings. The van der Waals surface area contributed by atoms with Gasteiger partial charge in [0.05, 0.1) is 12.9 Å². The van der Waals surface area contributed by atoms with E-state index in [2.05, 4.69) is 20.0 Å². The monoisotopic (exact) mass is 707 g/mol. The fourth-order valence-corrected chi connectivity index (χ4v) is 7.53. The normalized spacial score (nSPS) is 24.8. The maximum Gasteiger partial charge on any atom is 0.323 e. The van der Waals surface area contributed by atoms with E-state index in [-0.39, 0.29) is 29.1 Å². The van der Waals surface area contributed by atoms with Crippen molar-refractivity contribution in [1.82, 2.24) is 24.6 Å².